The highest BCUT2D eigenvalue weighted by molar-refractivity contribution is 5.81. The highest BCUT2D eigenvalue weighted by Gasteiger charge is 2.40. The minimum absolute atomic E-state index is 0.0768. The predicted molar refractivity (Wildman–Crippen MR) is 84.6 cm³/mol. The lowest BCUT2D eigenvalue weighted by atomic mass is 9.94. The van der Waals surface area contributed by atoms with E-state index in [9.17, 15) is 9.59 Å². The Morgan fingerprint density at radius 2 is 2.04 bits per heavy atom. The van der Waals surface area contributed by atoms with Crippen molar-refractivity contribution in [3.63, 3.8) is 0 Å². The van der Waals surface area contributed by atoms with Gasteiger partial charge in [-0.05, 0) is 30.7 Å². The van der Waals surface area contributed by atoms with E-state index in [2.05, 4.69) is 17.5 Å². The standard InChI is InChI=1S/C18H21NO4/c1-22-16-5-3-2-4-14(16)10-19-17(20)11-23-18(21)15-9-12-6-7-13(15)8-12/h2-7,12-13,15H,8-11H2,1H3,(H,19,20). The zero-order valence-corrected chi connectivity index (χ0v) is 13.2. The molecule has 0 aliphatic heterocycles. The van der Waals surface area contributed by atoms with Crippen molar-refractivity contribution in [2.45, 2.75) is 19.4 Å². The maximum absolute atomic E-state index is 12.1. The molecule has 0 saturated heterocycles. The van der Waals surface area contributed by atoms with Crippen molar-refractivity contribution < 1.29 is 19.1 Å². The average molecular weight is 315 g/mol. The Morgan fingerprint density at radius 1 is 1.22 bits per heavy atom. The van der Waals surface area contributed by atoms with E-state index in [1.54, 1.807) is 7.11 Å². The molecule has 5 nitrogen and oxygen atoms in total. The van der Waals surface area contributed by atoms with Gasteiger partial charge in [-0.25, -0.2) is 0 Å². The molecule has 0 spiro atoms. The third-order valence-corrected chi connectivity index (χ3v) is 4.60. The first-order chi connectivity index (χ1) is 11.2. The topological polar surface area (TPSA) is 64.6 Å². The summed E-state index contributed by atoms with van der Waals surface area (Å²) < 4.78 is 10.4. The van der Waals surface area contributed by atoms with Crippen LogP contribution in [0.1, 0.15) is 18.4 Å². The molecule has 0 radical (unpaired) electrons. The summed E-state index contributed by atoms with van der Waals surface area (Å²) in [5.74, 6) is 0.892. The fourth-order valence-electron chi connectivity index (χ4n) is 3.39. The van der Waals surface area contributed by atoms with Gasteiger partial charge in [0.2, 0.25) is 0 Å². The average Bonchev–Trinajstić information content (AvgIpc) is 3.21. The van der Waals surface area contributed by atoms with Gasteiger partial charge in [-0.2, -0.15) is 0 Å². The van der Waals surface area contributed by atoms with Crippen LogP contribution in [0.3, 0.4) is 0 Å². The number of nitrogens with one attached hydrogen (secondary N) is 1. The summed E-state index contributed by atoms with van der Waals surface area (Å²) in [6.07, 6.45) is 6.17. The Kier molecular flexibility index (Phi) is 4.65. The highest BCUT2D eigenvalue weighted by Crippen LogP contribution is 2.43. The number of methoxy groups -OCH3 is 1. The Hall–Kier alpha value is -2.30. The van der Waals surface area contributed by atoms with Crippen LogP contribution < -0.4 is 10.1 Å². The van der Waals surface area contributed by atoms with Crippen LogP contribution >= 0.6 is 0 Å². The number of rotatable bonds is 6. The number of hydrogen-bond donors (Lipinski definition) is 1. The molecule has 0 heterocycles. The summed E-state index contributed by atoms with van der Waals surface area (Å²) in [6, 6.07) is 7.47. The summed E-state index contributed by atoms with van der Waals surface area (Å²) in [6.45, 7) is 0.114. The van der Waals surface area contributed by atoms with Crippen LogP contribution in [0.15, 0.2) is 36.4 Å². The second kappa shape index (κ2) is 6.86. The molecule has 3 atom stereocenters. The lowest BCUT2D eigenvalue weighted by Gasteiger charge is -2.16. The summed E-state index contributed by atoms with van der Waals surface area (Å²) >= 11 is 0. The number of carbonyl (C=O) groups excluding carboxylic acids is 2. The first-order valence-corrected chi connectivity index (χ1v) is 7.91. The molecule has 1 fully saturated rings. The summed E-state index contributed by atoms with van der Waals surface area (Å²) in [5, 5.41) is 2.74. The quantitative estimate of drug-likeness (QED) is 0.645. The molecule has 23 heavy (non-hydrogen) atoms. The van der Waals surface area contributed by atoms with Crippen molar-refractivity contribution in [3.8, 4) is 5.75 Å². The van der Waals surface area contributed by atoms with Gasteiger partial charge in [0, 0.05) is 12.1 Å². The molecular weight excluding hydrogens is 294 g/mol. The third-order valence-electron chi connectivity index (χ3n) is 4.60. The van der Waals surface area contributed by atoms with Crippen LogP contribution in [0.2, 0.25) is 0 Å². The summed E-state index contributed by atoms with van der Waals surface area (Å²) in [5.41, 5.74) is 0.882. The fourth-order valence-corrected chi connectivity index (χ4v) is 3.39. The van der Waals surface area contributed by atoms with Crippen molar-refractivity contribution >= 4 is 11.9 Å². The second-order valence-corrected chi connectivity index (χ2v) is 6.08. The molecule has 1 amide bonds. The van der Waals surface area contributed by atoms with Gasteiger partial charge in [-0.1, -0.05) is 30.4 Å². The minimum atomic E-state index is -0.303. The maximum Gasteiger partial charge on any atom is 0.310 e. The van der Waals surface area contributed by atoms with Crippen molar-refractivity contribution in [2.75, 3.05) is 13.7 Å². The number of esters is 1. The first kappa shape index (κ1) is 15.6. The van der Waals surface area contributed by atoms with Gasteiger partial charge in [-0.3, -0.25) is 9.59 Å². The second-order valence-electron chi connectivity index (χ2n) is 6.08. The number of para-hydroxylation sites is 1. The van der Waals surface area contributed by atoms with E-state index in [1.165, 1.54) is 0 Å². The van der Waals surface area contributed by atoms with Crippen LogP contribution in [0.4, 0.5) is 0 Å². The number of benzene rings is 1. The zero-order valence-electron chi connectivity index (χ0n) is 13.2. The molecule has 1 aromatic carbocycles. The lowest BCUT2D eigenvalue weighted by Crippen LogP contribution is -2.31. The fraction of sp³-hybridized carbons (Fsp3) is 0.444. The zero-order chi connectivity index (χ0) is 16.2. The third kappa shape index (κ3) is 3.55. The molecule has 1 saturated carbocycles. The van der Waals surface area contributed by atoms with E-state index < -0.39 is 0 Å². The van der Waals surface area contributed by atoms with Gasteiger partial charge < -0.3 is 14.8 Å². The largest absolute Gasteiger partial charge is 0.496 e. The number of carbonyl (C=O) groups is 2. The maximum atomic E-state index is 12.1. The van der Waals surface area contributed by atoms with Crippen molar-refractivity contribution in [2.24, 2.45) is 17.8 Å². The van der Waals surface area contributed by atoms with E-state index in [0.29, 0.717) is 18.4 Å². The predicted octanol–water partition coefficient (Wildman–Crippen LogP) is 2.07. The van der Waals surface area contributed by atoms with E-state index >= 15 is 0 Å². The normalized spacial score (nSPS) is 24.5. The number of fused-ring (bicyclic) bond motifs is 2. The molecule has 2 aliphatic rings. The van der Waals surface area contributed by atoms with Crippen LogP contribution in [0.5, 0.6) is 5.75 Å². The minimum Gasteiger partial charge on any atom is -0.496 e. The SMILES string of the molecule is COc1ccccc1CNC(=O)COC(=O)C1CC2C=CC1C2. The number of ether oxygens (including phenoxy) is 2. The van der Waals surface area contributed by atoms with Gasteiger partial charge in [0.1, 0.15) is 5.75 Å². The Labute approximate surface area is 135 Å². The van der Waals surface area contributed by atoms with Crippen LogP contribution in [0.25, 0.3) is 0 Å². The van der Waals surface area contributed by atoms with E-state index in [-0.39, 0.29) is 24.4 Å². The smallest absolute Gasteiger partial charge is 0.310 e. The highest BCUT2D eigenvalue weighted by atomic mass is 16.5. The Bertz CT molecular complexity index is 625. The van der Waals surface area contributed by atoms with E-state index in [4.69, 9.17) is 9.47 Å². The van der Waals surface area contributed by atoms with Gasteiger partial charge in [0.05, 0.1) is 13.0 Å². The number of allylic oxidation sites excluding steroid dienone is 2. The van der Waals surface area contributed by atoms with Gasteiger partial charge >= 0.3 is 5.97 Å². The number of hydrogen-bond acceptors (Lipinski definition) is 4. The Morgan fingerprint density at radius 3 is 2.74 bits per heavy atom. The van der Waals surface area contributed by atoms with Crippen molar-refractivity contribution in [1.29, 1.82) is 0 Å². The van der Waals surface area contributed by atoms with Crippen LogP contribution in [-0.4, -0.2) is 25.6 Å². The van der Waals surface area contributed by atoms with Crippen LogP contribution in [-0.2, 0) is 20.9 Å². The molecule has 1 N–H and O–H groups in total. The first-order valence-electron chi connectivity index (χ1n) is 7.91. The molecule has 2 bridgehead atoms. The Balaban J connectivity index is 1.43. The van der Waals surface area contributed by atoms with Gasteiger partial charge in [-0.15, -0.1) is 0 Å². The van der Waals surface area contributed by atoms with Crippen molar-refractivity contribution in [3.05, 3.63) is 42.0 Å². The molecule has 5 heteroatoms. The van der Waals surface area contributed by atoms with E-state index in [1.807, 2.05) is 24.3 Å². The van der Waals surface area contributed by atoms with E-state index in [0.717, 1.165) is 24.2 Å². The lowest BCUT2D eigenvalue weighted by molar-refractivity contribution is -0.153. The summed E-state index contributed by atoms with van der Waals surface area (Å²) in [7, 11) is 1.59. The molecule has 0 aromatic heterocycles. The van der Waals surface area contributed by atoms with Gasteiger partial charge in [0.15, 0.2) is 6.61 Å². The molecule has 3 rings (SSSR count). The molecule has 2 aliphatic carbocycles. The molecule has 3 unspecified atom stereocenters. The number of amides is 1. The van der Waals surface area contributed by atoms with Crippen LogP contribution in [0, 0.1) is 17.8 Å². The molecular formula is C18H21NO4. The molecule has 1 aromatic rings. The monoisotopic (exact) mass is 315 g/mol. The summed E-state index contributed by atoms with van der Waals surface area (Å²) in [4.78, 5) is 23.9. The molecule has 122 valence electrons. The van der Waals surface area contributed by atoms with Crippen molar-refractivity contribution in [1.82, 2.24) is 5.32 Å². The van der Waals surface area contributed by atoms with Gasteiger partial charge in [0.25, 0.3) is 5.91 Å².